The first-order valence-electron chi connectivity index (χ1n) is 5.63. The van der Waals surface area contributed by atoms with E-state index in [1.165, 1.54) is 31.3 Å². The fourth-order valence-electron chi connectivity index (χ4n) is 4.08. The minimum absolute atomic E-state index is 0.330. The Morgan fingerprint density at radius 3 is 2.31 bits per heavy atom. The van der Waals surface area contributed by atoms with Gasteiger partial charge in [0.2, 0.25) is 0 Å². The molecule has 0 aromatic rings. The topological polar surface area (TPSA) is 20.2 Å². The van der Waals surface area contributed by atoms with Crippen molar-refractivity contribution in [2.75, 3.05) is 6.61 Å². The number of hydrogen-bond donors (Lipinski definition) is 1. The number of fused-ring (bicyclic) bond motifs is 1. The highest BCUT2D eigenvalue weighted by molar-refractivity contribution is 5.29. The number of allylic oxidation sites excluding steroid dienone is 1. The molecular formula is C12H18O. The molecule has 4 unspecified atom stereocenters. The summed E-state index contributed by atoms with van der Waals surface area (Å²) in [4.78, 5) is 0. The summed E-state index contributed by atoms with van der Waals surface area (Å²) in [5.74, 6) is 3.60. The molecule has 1 nitrogen and oxygen atoms in total. The SMILES string of the molecule is CC1=C(CO)C2CCC1C1CCC21. The Bertz CT molecular complexity index is 266. The maximum absolute atomic E-state index is 9.35. The van der Waals surface area contributed by atoms with Crippen LogP contribution in [-0.2, 0) is 0 Å². The molecule has 0 spiro atoms. The van der Waals surface area contributed by atoms with Crippen LogP contribution in [0.1, 0.15) is 32.6 Å². The van der Waals surface area contributed by atoms with Gasteiger partial charge in [0.05, 0.1) is 6.61 Å². The van der Waals surface area contributed by atoms with Crippen molar-refractivity contribution in [1.82, 2.24) is 0 Å². The average Bonchev–Trinajstić information content (AvgIpc) is 2.06. The summed E-state index contributed by atoms with van der Waals surface area (Å²) in [5, 5.41) is 9.35. The summed E-state index contributed by atoms with van der Waals surface area (Å²) in [6.45, 7) is 2.59. The van der Waals surface area contributed by atoms with E-state index in [2.05, 4.69) is 6.92 Å². The molecule has 0 aromatic heterocycles. The van der Waals surface area contributed by atoms with Crippen LogP contribution in [0.15, 0.2) is 11.1 Å². The third-order valence-corrected chi connectivity index (χ3v) is 4.89. The molecule has 4 atom stereocenters. The molecule has 4 aliphatic rings. The van der Waals surface area contributed by atoms with Crippen molar-refractivity contribution in [2.45, 2.75) is 32.6 Å². The minimum atomic E-state index is 0.330. The number of hydrogen-bond acceptors (Lipinski definition) is 1. The summed E-state index contributed by atoms with van der Waals surface area (Å²) in [6.07, 6.45) is 5.66. The molecule has 0 heterocycles. The molecule has 4 rings (SSSR count). The monoisotopic (exact) mass is 178 g/mol. The second kappa shape index (κ2) is 2.60. The van der Waals surface area contributed by atoms with Gasteiger partial charge in [-0.2, -0.15) is 0 Å². The molecular weight excluding hydrogens is 160 g/mol. The van der Waals surface area contributed by atoms with Crippen molar-refractivity contribution in [3.05, 3.63) is 11.1 Å². The summed E-state index contributed by atoms with van der Waals surface area (Å²) >= 11 is 0. The molecule has 72 valence electrons. The fourth-order valence-corrected chi connectivity index (χ4v) is 4.08. The maximum Gasteiger partial charge on any atom is 0.0647 e. The number of aliphatic hydroxyl groups excluding tert-OH is 1. The van der Waals surface area contributed by atoms with E-state index in [0.717, 1.165) is 23.7 Å². The van der Waals surface area contributed by atoms with E-state index in [9.17, 15) is 5.11 Å². The zero-order chi connectivity index (χ0) is 9.00. The lowest BCUT2D eigenvalue weighted by Gasteiger charge is -2.56. The van der Waals surface area contributed by atoms with Gasteiger partial charge in [-0.15, -0.1) is 0 Å². The Morgan fingerprint density at radius 1 is 1.08 bits per heavy atom. The Labute approximate surface area is 79.8 Å². The van der Waals surface area contributed by atoms with E-state index < -0.39 is 0 Å². The van der Waals surface area contributed by atoms with Crippen molar-refractivity contribution in [3.63, 3.8) is 0 Å². The fraction of sp³-hybridized carbons (Fsp3) is 0.833. The first-order chi connectivity index (χ1) is 6.33. The van der Waals surface area contributed by atoms with Gasteiger partial charge in [0.25, 0.3) is 0 Å². The molecule has 13 heavy (non-hydrogen) atoms. The molecule has 2 fully saturated rings. The molecule has 0 radical (unpaired) electrons. The molecule has 0 aromatic carbocycles. The predicted octanol–water partition coefficient (Wildman–Crippen LogP) is 2.36. The van der Waals surface area contributed by atoms with Gasteiger partial charge in [0, 0.05) is 0 Å². The van der Waals surface area contributed by atoms with Crippen molar-refractivity contribution >= 4 is 0 Å². The lowest BCUT2D eigenvalue weighted by Crippen LogP contribution is -2.47. The summed E-state index contributed by atoms with van der Waals surface area (Å²) in [7, 11) is 0. The highest BCUT2D eigenvalue weighted by Gasteiger charge is 2.50. The van der Waals surface area contributed by atoms with Gasteiger partial charge in [-0.3, -0.25) is 0 Å². The van der Waals surface area contributed by atoms with Crippen LogP contribution in [-0.4, -0.2) is 11.7 Å². The van der Waals surface area contributed by atoms with Crippen molar-refractivity contribution < 1.29 is 5.11 Å². The number of aliphatic hydroxyl groups is 1. The van der Waals surface area contributed by atoms with E-state index in [-0.39, 0.29) is 0 Å². The third-order valence-electron chi connectivity index (χ3n) is 4.89. The van der Waals surface area contributed by atoms with E-state index in [0.29, 0.717) is 6.61 Å². The Kier molecular flexibility index (Phi) is 1.61. The van der Waals surface area contributed by atoms with Crippen LogP contribution in [0.2, 0.25) is 0 Å². The molecule has 1 heteroatoms. The second-order valence-electron chi connectivity index (χ2n) is 5.06. The van der Waals surface area contributed by atoms with Crippen molar-refractivity contribution in [1.29, 1.82) is 0 Å². The van der Waals surface area contributed by atoms with Gasteiger partial charge >= 0.3 is 0 Å². The highest BCUT2D eigenvalue weighted by Crippen LogP contribution is 2.59. The van der Waals surface area contributed by atoms with E-state index in [4.69, 9.17) is 0 Å². The van der Waals surface area contributed by atoms with Crippen LogP contribution < -0.4 is 0 Å². The van der Waals surface area contributed by atoms with Crippen molar-refractivity contribution in [3.8, 4) is 0 Å². The van der Waals surface area contributed by atoms with Gasteiger partial charge in [0.15, 0.2) is 0 Å². The smallest absolute Gasteiger partial charge is 0.0647 e. The summed E-state index contributed by atoms with van der Waals surface area (Å²) < 4.78 is 0. The van der Waals surface area contributed by atoms with Crippen LogP contribution in [0.3, 0.4) is 0 Å². The van der Waals surface area contributed by atoms with Gasteiger partial charge in [0.1, 0.15) is 0 Å². The van der Waals surface area contributed by atoms with Crippen LogP contribution in [0.5, 0.6) is 0 Å². The van der Waals surface area contributed by atoms with Gasteiger partial charge in [-0.05, 0) is 61.9 Å². The van der Waals surface area contributed by atoms with Crippen LogP contribution >= 0.6 is 0 Å². The van der Waals surface area contributed by atoms with Gasteiger partial charge in [-0.25, -0.2) is 0 Å². The third kappa shape index (κ3) is 0.864. The Morgan fingerprint density at radius 2 is 1.69 bits per heavy atom. The molecule has 2 bridgehead atoms. The van der Waals surface area contributed by atoms with E-state index in [1.54, 1.807) is 5.57 Å². The highest BCUT2D eigenvalue weighted by atomic mass is 16.3. The van der Waals surface area contributed by atoms with E-state index >= 15 is 0 Å². The largest absolute Gasteiger partial charge is 0.392 e. The Balaban J connectivity index is 2.02. The van der Waals surface area contributed by atoms with Crippen molar-refractivity contribution in [2.24, 2.45) is 23.7 Å². The minimum Gasteiger partial charge on any atom is -0.392 e. The number of rotatable bonds is 1. The standard InChI is InChI=1S/C12H18O/c1-7-8-2-3-11(12(7)6-13)10-5-4-9(8)10/h8-11,13H,2-6H2,1H3. The van der Waals surface area contributed by atoms with E-state index in [1.807, 2.05) is 0 Å². The maximum atomic E-state index is 9.35. The second-order valence-corrected chi connectivity index (χ2v) is 5.06. The lowest BCUT2D eigenvalue weighted by molar-refractivity contribution is 0.00755. The lowest BCUT2D eigenvalue weighted by atomic mass is 9.49. The molecule has 0 saturated heterocycles. The molecule has 1 N–H and O–H groups in total. The van der Waals surface area contributed by atoms with Crippen LogP contribution in [0.4, 0.5) is 0 Å². The molecule has 4 aliphatic carbocycles. The predicted molar refractivity (Wildman–Crippen MR) is 52.2 cm³/mol. The van der Waals surface area contributed by atoms with Crippen LogP contribution in [0, 0.1) is 23.7 Å². The molecule has 2 saturated carbocycles. The molecule has 0 aliphatic heterocycles. The van der Waals surface area contributed by atoms with Crippen LogP contribution in [0.25, 0.3) is 0 Å². The normalized spacial score (nSPS) is 47.5. The Hall–Kier alpha value is -0.300. The average molecular weight is 178 g/mol. The zero-order valence-electron chi connectivity index (χ0n) is 8.29. The first-order valence-corrected chi connectivity index (χ1v) is 5.63. The quantitative estimate of drug-likeness (QED) is 0.611. The first kappa shape index (κ1) is 8.05. The van der Waals surface area contributed by atoms with Gasteiger partial charge < -0.3 is 5.11 Å². The van der Waals surface area contributed by atoms with Gasteiger partial charge in [-0.1, -0.05) is 5.57 Å². The summed E-state index contributed by atoms with van der Waals surface area (Å²) in [5.41, 5.74) is 2.97. The summed E-state index contributed by atoms with van der Waals surface area (Å²) in [6, 6.07) is 0. The molecule has 0 amide bonds. The zero-order valence-corrected chi connectivity index (χ0v) is 8.29.